The second-order valence-corrected chi connectivity index (χ2v) is 5.58. The van der Waals surface area contributed by atoms with Crippen LogP contribution in [0.25, 0.3) is 0 Å². The van der Waals surface area contributed by atoms with Crippen LogP contribution in [0.4, 0.5) is 10.1 Å². The molecular formula is C18H17FN2O3. The van der Waals surface area contributed by atoms with Crippen LogP contribution in [-0.4, -0.2) is 31.5 Å². The van der Waals surface area contributed by atoms with Crippen molar-refractivity contribution >= 4 is 17.5 Å². The molecule has 0 aliphatic carbocycles. The maximum absolute atomic E-state index is 12.9. The molecule has 3 rings (SSSR count). The summed E-state index contributed by atoms with van der Waals surface area (Å²) in [5.74, 6) is -0.0474. The molecule has 1 aliphatic heterocycles. The number of rotatable bonds is 4. The lowest BCUT2D eigenvalue weighted by atomic mass is 10.2. The number of nitrogens with zero attached hydrogens (tertiary/aromatic N) is 1. The molecule has 2 aromatic rings. The Bertz CT molecular complexity index is 744. The number of carbonyl (C=O) groups excluding carboxylic acids is 2. The Kier molecular flexibility index (Phi) is 4.46. The fourth-order valence-electron chi connectivity index (χ4n) is 2.69. The molecule has 5 nitrogen and oxygen atoms in total. The summed E-state index contributed by atoms with van der Waals surface area (Å²) in [6.07, 6.45) is 0.235. The molecule has 1 atom stereocenters. The van der Waals surface area contributed by atoms with Gasteiger partial charge >= 0.3 is 0 Å². The first-order valence-electron chi connectivity index (χ1n) is 7.57. The van der Waals surface area contributed by atoms with Crippen molar-refractivity contribution in [2.45, 2.75) is 12.5 Å². The zero-order valence-corrected chi connectivity index (χ0v) is 13.2. The van der Waals surface area contributed by atoms with E-state index in [4.69, 9.17) is 4.74 Å². The Hall–Kier alpha value is -2.89. The van der Waals surface area contributed by atoms with Crippen molar-refractivity contribution in [1.29, 1.82) is 0 Å². The first-order valence-corrected chi connectivity index (χ1v) is 7.57. The van der Waals surface area contributed by atoms with Crippen molar-refractivity contribution in [3.05, 3.63) is 59.9 Å². The Balaban J connectivity index is 1.65. The van der Waals surface area contributed by atoms with Gasteiger partial charge in [0.25, 0.3) is 5.91 Å². The van der Waals surface area contributed by atoms with Crippen LogP contribution >= 0.6 is 0 Å². The second-order valence-electron chi connectivity index (χ2n) is 5.58. The van der Waals surface area contributed by atoms with E-state index in [0.717, 1.165) is 5.69 Å². The number of hydrogen-bond acceptors (Lipinski definition) is 3. The van der Waals surface area contributed by atoms with Gasteiger partial charge in [-0.05, 0) is 48.5 Å². The highest BCUT2D eigenvalue weighted by Crippen LogP contribution is 2.24. The summed E-state index contributed by atoms with van der Waals surface area (Å²) in [6.45, 7) is 0.401. The largest absolute Gasteiger partial charge is 0.497 e. The maximum Gasteiger partial charge on any atom is 0.251 e. The van der Waals surface area contributed by atoms with Crippen LogP contribution in [0.1, 0.15) is 16.8 Å². The first-order chi connectivity index (χ1) is 11.6. The van der Waals surface area contributed by atoms with Crippen molar-refractivity contribution in [1.82, 2.24) is 5.32 Å². The van der Waals surface area contributed by atoms with Crippen LogP contribution in [0.2, 0.25) is 0 Å². The predicted octanol–water partition coefficient (Wildman–Crippen LogP) is 2.37. The van der Waals surface area contributed by atoms with E-state index < -0.39 is 5.82 Å². The van der Waals surface area contributed by atoms with Gasteiger partial charge in [0.05, 0.1) is 13.2 Å². The van der Waals surface area contributed by atoms with E-state index in [1.807, 2.05) is 0 Å². The van der Waals surface area contributed by atoms with Crippen LogP contribution in [0.5, 0.6) is 5.75 Å². The number of hydrogen-bond donors (Lipinski definition) is 1. The fourth-order valence-corrected chi connectivity index (χ4v) is 2.69. The number of amides is 2. The van der Waals surface area contributed by atoms with Crippen molar-refractivity contribution < 1.29 is 18.7 Å². The molecule has 2 aromatic carbocycles. The summed E-state index contributed by atoms with van der Waals surface area (Å²) in [7, 11) is 1.58. The van der Waals surface area contributed by atoms with E-state index in [0.29, 0.717) is 17.9 Å². The van der Waals surface area contributed by atoms with Gasteiger partial charge in [-0.2, -0.15) is 0 Å². The van der Waals surface area contributed by atoms with Gasteiger partial charge in [-0.1, -0.05) is 0 Å². The third kappa shape index (κ3) is 3.37. The number of carbonyl (C=O) groups is 2. The Morgan fingerprint density at radius 2 is 1.83 bits per heavy atom. The van der Waals surface area contributed by atoms with Gasteiger partial charge < -0.3 is 15.0 Å². The summed E-state index contributed by atoms with van der Waals surface area (Å²) in [5, 5.41) is 2.82. The van der Waals surface area contributed by atoms with Crippen molar-refractivity contribution in [3.63, 3.8) is 0 Å². The second kappa shape index (κ2) is 6.70. The van der Waals surface area contributed by atoms with Gasteiger partial charge in [0.15, 0.2) is 0 Å². The molecule has 0 unspecified atom stereocenters. The molecule has 24 heavy (non-hydrogen) atoms. The van der Waals surface area contributed by atoms with E-state index in [1.54, 1.807) is 36.3 Å². The molecule has 0 aromatic heterocycles. The number of nitrogens with one attached hydrogen (secondary N) is 1. The van der Waals surface area contributed by atoms with Gasteiger partial charge in [0.1, 0.15) is 11.6 Å². The monoisotopic (exact) mass is 328 g/mol. The molecule has 0 saturated carbocycles. The Morgan fingerprint density at radius 3 is 2.46 bits per heavy atom. The zero-order valence-electron chi connectivity index (χ0n) is 13.2. The highest BCUT2D eigenvalue weighted by Gasteiger charge is 2.31. The molecule has 1 N–H and O–H groups in total. The van der Waals surface area contributed by atoms with Crippen LogP contribution in [0.3, 0.4) is 0 Å². The minimum atomic E-state index is -0.395. The maximum atomic E-state index is 12.9. The van der Waals surface area contributed by atoms with E-state index in [9.17, 15) is 14.0 Å². The highest BCUT2D eigenvalue weighted by molar-refractivity contribution is 5.98. The van der Waals surface area contributed by atoms with Crippen molar-refractivity contribution in [2.75, 3.05) is 18.6 Å². The van der Waals surface area contributed by atoms with E-state index in [2.05, 4.69) is 5.32 Å². The molecule has 0 radical (unpaired) electrons. The van der Waals surface area contributed by atoms with E-state index >= 15 is 0 Å². The summed E-state index contributed by atoms with van der Waals surface area (Å²) in [5.41, 5.74) is 1.13. The lowest BCUT2D eigenvalue weighted by molar-refractivity contribution is -0.117. The molecule has 1 aliphatic rings. The minimum Gasteiger partial charge on any atom is -0.497 e. The average molecular weight is 328 g/mol. The van der Waals surface area contributed by atoms with E-state index in [1.165, 1.54) is 24.3 Å². The Morgan fingerprint density at radius 1 is 1.17 bits per heavy atom. The SMILES string of the molecule is COc1ccc(N2C[C@H](NC(=O)c3ccc(F)cc3)CC2=O)cc1. The summed E-state index contributed by atoms with van der Waals surface area (Å²) < 4.78 is 18.0. The van der Waals surface area contributed by atoms with Gasteiger partial charge in [-0.3, -0.25) is 9.59 Å². The first kappa shape index (κ1) is 16.0. The number of benzene rings is 2. The molecule has 1 fully saturated rings. The fraction of sp³-hybridized carbons (Fsp3) is 0.222. The smallest absolute Gasteiger partial charge is 0.251 e. The van der Waals surface area contributed by atoms with Crippen LogP contribution in [0.15, 0.2) is 48.5 Å². The third-order valence-electron chi connectivity index (χ3n) is 3.95. The van der Waals surface area contributed by atoms with Crippen LogP contribution in [0, 0.1) is 5.82 Å². The minimum absolute atomic E-state index is 0.0513. The zero-order chi connectivity index (χ0) is 17.1. The lowest BCUT2D eigenvalue weighted by Gasteiger charge is -2.17. The van der Waals surface area contributed by atoms with Gasteiger partial charge in [0.2, 0.25) is 5.91 Å². The number of anilines is 1. The normalized spacial score (nSPS) is 17.0. The molecule has 124 valence electrons. The quantitative estimate of drug-likeness (QED) is 0.937. The van der Waals surface area contributed by atoms with Crippen molar-refractivity contribution in [2.24, 2.45) is 0 Å². The standard InChI is InChI=1S/C18H17FN2O3/c1-24-16-8-6-15(7-9-16)21-11-14(10-17(21)22)20-18(23)12-2-4-13(19)5-3-12/h2-9,14H,10-11H2,1H3,(H,20,23)/t14-/m1/s1. The molecule has 6 heteroatoms. The van der Waals surface area contributed by atoms with E-state index in [-0.39, 0.29) is 24.3 Å². The average Bonchev–Trinajstić information content (AvgIpc) is 2.95. The summed E-state index contributed by atoms with van der Waals surface area (Å²) in [6, 6.07) is 12.2. The topological polar surface area (TPSA) is 58.6 Å². The lowest BCUT2D eigenvalue weighted by Crippen LogP contribution is -2.37. The molecule has 0 spiro atoms. The number of halogens is 1. The Labute approximate surface area is 139 Å². The van der Waals surface area contributed by atoms with Crippen LogP contribution in [-0.2, 0) is 4.79 Å². The number of methoxy groups -OCH3 is 1. The summed E-state index contributed by atoms with van der Waals surface area (Å²) in [4.78, 5) is 26.0. The molecule has 1 heterocycles. The molecular weight excluding hydrogens is 311 g/mol. The molecule has 1 saturated heterocycles. The summed E-state index contributed by atoms with van der Waals surface area (Å²) >= 11 is 0. The van der Waals surface area contributed by atoms with Gasteiger partial charge in [-0.15, -0.1) is 0 Å². The third-order valence-corrected chi connectivity index (χ3v) is 3.95. The van der Waals surface area contributed by atoms with Gasteiger partial charge in [-0.25, -0.2) is 4.39 Å². The predicted molar refractivity (Wildman–Crippen MR) is 87.6 cm³/mol. The van der Waals surface area contributed by atoms with Gasteiger partial charge in [0, 0.05) is 24.2 Å². The molecule has 2 amide bonds. The van der Waals surface area contributed by atoms with Crippen molar-refractivity contribution in [3.8, 4) is 5.75 Å². The van der Waals surface area contributed by atoms with Crippen LogP contribution < -0.4 is 15.0 Å². The highest BCUT2D eigenvalue weighted by atomic mass is 19.1. The molecule has 0 bridgehead atoms. The number of ether oxygens (including phenoxy) is 1.